The molecule has 0 saturated carbocycles. The van der Waals surface area contributed by atoms with Crippen molar-refractivity contribution in [2.45, 2.75) is 13.3 Å². The van der Waals surface area contributed by atoms with E-state index in [0.717, 1.165) is 10.6 Å². The van der Waals surface area contributed by atoms with Crippen molar-refractivity contribution in [3.8, 4) is 0 Å². The van der Waals surface area contributed by atoms with Crippen molar-refractivity contribution in [1.29, 1.82) is 0 Å². The molecule has 1 atom stereocenters. The second kappa shape index (κ2) is 9.80. The van der Waals surface area contributed by atoms with E-state index in [1.54, 1.807) is 18.2 Å². The van der Waals surface area contributed by atoms with Gasteiger partial charge < -0.3 is 10.1 Å². The number of carbonyl (C=O) groups is 4. The minimum absolute atomic E-state index is 0.0653. The summed E-state index contributed by atoms with van der Waals surface area (Å²) >= 11 is 11.7. The maximum Gasteiger partial charge on any atom is 0.311 e. The molecule has 0 bridgehead atoms. The summed E-state index contributed by atoms with van der Waals surface area (Å²) < 4.78 is 5.03. The number of carbonyl (C=O) groups excluding carboxylic acids is 4. The number of hydrazine groups is 1. The zero-order valence-electron chi connectivity index (χ0n) is 16.5. The van der Waals surface area contributed by atoms with Crippen molar-refractivity contribution in [2.75, 3.05) is 18.5 Å². The molecule has 31 heavy (non-hydrogen) atoms. The quantitative estimate of drug-likeness (QED) is 0.640. The SMILES string of the molecule is Cc1cccc(NC(=O)COC(=O)[C@H]2CC(=O)N(NC(=O)c3ccc(Cl)c(Cl)c3)C2)c1. The topological polar surface area (TPSA) is 105 Å². The van der Waals surface area contributed by atoms with Crippen LogP contribution in [0.1, 0.15) is 22.3 Å². The van der Waals surface area contributed by atoms with Gasteiger partial charge in [-0.1, -0.05) is 35.3 Å². The Balaban J connectivity index is 1.49. The average Bonchev–Trinajstić information content (AvgIpc) is 3.08. The van der Waals surface area contributed by atoms with Crippen LogP contribution in [0.2, 0.25) is 10.0 Å². The Hall–Kier alpha value is -3.10. The Morgan fingerprint density at radius 1 is 1.13 bits per heavy atom. The number of ether oxygens (including phenoxy) is 1. The lowest BCUT2D eigenvalue weighted by Gasteiger charge is -2.17. The van der Waals surface area contributed by atoms with Crippen LogP contribution in [0.25, 0.3) is 0 Å². The summed E-state index contributed by atoms with van der Waals surface area (Å²) in [5.41, 5.74) is 4.21. The van der Waals surface area contributed by atoms with Crippen LogP contribution in [-0.2, 0) is 19.1 Å². The van der Waals surface area contributed by atoms with Crippen molar-refractivity contribution in [3.05, 3.63) is 63.6 Å². The number of hydrogen-bond acceptors (Lipinski definition) is 5. The van der Waals surface area contributed by atoms with Crippen LogP contribution in [0, 0.1) is 12.8 Å². The number of rotatable bonds is 6. The maximum atomic E-state index is 12.3. The van der Waals surface area contributed by atoms with Crippen LogP contribution >= 0.6 is 23.2 Å². The predicted octanol–water partition coefficient (Wildman–Crippen LogP) is 2.98. The van der Waals surface area contributed by atoms with E-state index in [1.807, 2.05) is 13.0 Å². The number of benzene rings is 2. The molecule has 2 N–H and O–H groups in total. The Morgan fingerprint density at radius 2 is 1.90 bits per heavy atom. The minimum atomic E-state index is -0.798. The van der Waals surface area contributed by atoms with Gasteiger partial charge >= 0.3 is 5.97 Å². The second-order valence-corrected chi connectivity index (χ2v) is 7.81. The summed E-state index contributed by atoms with van der Waals surface area (Å²) in [5.74, 6) is -3.00. The van der Waals surface area contributed by atoms with Crippen molar-refractivity contribution in [1.82, 2.24) is 10.4 Å². The smallest absolute Gasteiger partial charge is 0.311 e. The summed E-state index contributed by atoms with van der Waals surface area (Å²) in [4.78, 5) is 48.7. The van der Waals surface area contributed by atoms with Crippen LogP contribution in [0.15, 0.2) is 42.5 Å². The first-order valence-corrected chi connectivity index (χ1v) is 10.1. The zero-order valence-corrected chi connectivity index (χ0v) is 18.0. The number of nitrogens with one attached hydrogen (secondary N) is 2. The molecule has 1 heterocycles. The highest BCUT2D eigenvalue weighted by atomic mass is 35.5. The Kier molecular flexibility index (Phi) is 7.14. The molecular weight excluding hydrogens is 445 g/mol. The fourth-order valence-corrected chi connectivity index (χ4v) is 3.27. The van der Waals surface area contributed by atoms with Crippen molar-refractivity contribution >= 4 is 52.6 Å². The third-order valence-corrected chi connectivity index (χ3v) is 5.26. The maximum absolute atomic E-state index is 12.3. The molecule has 0 spiro atoms. The first kappa shape index (κ1) is 22.6. The summed E-state index contributed by atoms with van der Waals surface area (Å²) in [6.07, 6.45) is -0.139. The first-order chi connectivity index (χ1) is 14.7. The van der Waals surface area contributed by atoms with E-state index in [-0.39, 0.29) is 23.6 Å². The van der Waals surface area contributed by atoms with Gasteiger partial charge in [-0.25, -0.2) is 0 Å². The van der Waals surface area contributed by atoms with Gasteiger partial charge in [0.05, 0.1) is 22.5 Å². The monoisotopic (exact) mass is 463 g/mol. The molecule has 1 fully saturated rings. The van der Waals surface area contributed by atoms with Gasteiger partial charge in [0.1, 0.15) is 0 Å². The predicted molar refractivity (Wildman–Crippen MR) is 115 cm³/mol. The van der Waals surface area contributed by atoms with Gasteiger partial charge in [-0.15, -0.1) is 0 Å². The molecule has 162 valence electrons. The van der Waals surface area contributed by atoms with Gasteiger partial charge in [-0.2, -0.15) is 0 Å². The minimum Gasteiger partial charge on any atom is -0.455 e. The van der Waals surface area contributed by atoms with Crippen LogP contribution < -0.4 is 10.7 Å². The zero-order chi connectivity index (χ0) is 22.5. The Labute approximate surface area is 188 Å². The van der Waals surface area contributed by atoms with Crippen molar-refractivity contribution in [2.24, 2.45) is 5.92 Å². The molecule has 0 aromatic heterocycles. The standard InChI is InChI=1S/C21H19Cl2N3O5/c1-12-3-2-4-15(7-12)24-18(27)11-31-21(30)14-9-19(28)26(10-14)25-20(29)13-5-6-16(22)17(23)8-13/h2-8,14H,9-11H2,1H3,(H,24,27)(H,25,29)/t14-/m0/s1. The molecule has 0 aliphatic carbocycles. The summed E-state index contributed by atoms with van der Waals surface area (Å²) in [5, 5.41) is 4.17. The van der Waals surface area contributed by atoms with Gasteiger partial charge in [0.25, 0.3) is 11.8 Å². The lowest BCUT2D eigenvalue weighted by molar-refractivity contribution is -0.151. The van der Waals surface area contributed by atoms with Crippen LogP contribution in [0.3, 0.4) is 0 Å². The van der Waals surface area contributed by atoms with Crippen LogP contribution in [0.4, 0.5) is 5.69 Å². The van der Waals surface area contributed by atoms with E-state index in [1.165, 1.54) is 18.2 Å². The van der Waals surface area contributed by atoms with Gasteiger partial charge in [-0.05, 0) is 42.8 Å². The number of anilines is 1. The number of nitrogens with zero attached hydrogens (tertiary/aromatic N) is 1. The molecule has 2 aromatic carbocycles. The van der Waals surface area contributed by atoms with Crippen molar-refractivity contribution < 1.29 is 23.9 Å². The summed E-state index contributed by atoms with van der Waals surface area (Å²) in [6, 6.07) is 11.5. The molecule has 3 amide bonds. The molecule has 8 nitrogen and oxygen atoms in total. The summed E-state index contributed by atoms with van der Waals surface area (Å²) in [6.45, 7) is 1.34. The molecule has 3 rings (SSSR count). The lowest BCUT2D eigenvalue weighted by atomic mass is 10.1. The van der Waals surface area contributed by atoms with Gasteiger partial charge in [0, 0.05) is 17.7 Å². The van der Waals surface area contributed by atoms with Gasteiger partial charge in [0.2, 0.25) is 5.91 Å². The highest BCUT2D eigenvalue weighted by molar-refractivity contribution is 6.42. The molecular formula is C21H19Cl2N3O5. The van der Waals surface area contributed by atoms with E-state index in [4.69, 9.17) is 27.9 Å². The fourth-order valence-electron chi connectivity index (χ4n) is 2.97. The largest absolute Gasteiger partial charge is 0.455 e. The Morgan fingerprint density at radius 3 is 2.61 bits per heavy atom. The Bertz CT molecular complexity index is 1040. The van der Waals surface area contributed by atoms with E-state index < -0.39 is 36.2 Å². The van der Waals surface area contributed by atoms with Gasteiger partial charge in [-0.3, -0.25) is 29.6 Å². The highest BCUT2D eigenvalue weighted by Gasteiger charge is 2.36. The van der Waals surface area contributed by atoms with E-state index >= 15 is 0 Å². The van der Waals surface area contributed by atoms with E-state index in [2.05, 4.69) is 10.7 Å². The second-order valence-electron chi connectivity index (χ2n) is 7.00. The molecule has 1 aliphatic heterocycles. The normalized spacial score (nSPS) is 15.5. The number of amides is 3. The number of hydrogen-bond donors (Lipinski definition) is 2. The molecule has 1 aliphatic rings. The highest BCUT2D eigenvalue weighted by Crippen LogP contribution is 2.23. The number of aryl methyl sites for hydroxylation is 1. The molecule has 10 heteroatoms. The first-order valence-electron chi connectivity index (χ1n) is 9.32. The molecule has 2 aromatic rings. The molecule has 0 radical (unpaired) electrons. The number of esters is 1. The van der Waals surface area contributed by atoms with Crippen LogP contribution in [0.5, 0.6) is 0 Å². The van der Waals surface area contributed by atoms with E-state index in [0.29, 0.717) is 10.7 Å². The third kappa shape index (κ3) is 5.96. The van der Waals surface area contributed by atoms with Gasteiger partial charge in [0.15, 0.2) is 6.61 Å². The van der Waals surface area contributed by atoms with Crippen LogP contribution in [-0.4, -0.2) is 41.9 Å². The van der Waals surface area contributed by atoms with Crippen molar-refractivity contribution in [3.63, 3.8) is 0 Å². The van der Waals surface area contributed by atoms with E-state index in [9.17, 15) is 19.2 Å². The average molecular weight is 464 g/mol. The molecule has 0 unspecified atom stereocenters. The lowest BCUT2D eigenvalue weighted by Crippen LogP contribution is -2.43. The number of halogens is 2. The summed E-state index contributed by atoms with van der Waals surface area (Å²) in [7, 11) is 0. The third-order valence-electron chi connectivity index (χ3n) is 4.52. The molecule has 1 saturated heterocycles. The fraction of sp³-hybridized carbons (Fsp3) is 0.238.